The third kappa shape index (κ3) is 5.34. The molecule has 2 fully saturated rings. The molecule has 1 atom stereocenters. The van der Waals surface area contributed by atoms with Crippen LogP contribution >= 0.6 is 11.3 Å². The monoisotopic (exact) mass is 451 g/mol. The number of aromatic nitrogens is 1. The lowest BCUT2D eigenvalue weighted by Crippen LogP contribution is -2.53. The Bertz CT molecular complexity index is 817. The summed E-state index contributed by atoms with van der Waals surface area (Å²) in [5.41, 5.74) is 0.999. The van der Waals surface area contributed by atoms with Crippen LogP contribution in [0.5, 0.6) is 0 Å². The van der Waals surface area contributed by atoms with Crippen LogP contribution < -0.4 is 5.32 Å². The molecule has 11 heteroatoms. The number of amides is 3. The fourth-order valence-electron chi connectivity index (χ4n) is 4.05. The van der Waals surface area contributed by atoms with Gasteiger partial charge in [0.05, 0.1) is 18.8 Å². The van der Waals surface area contributed by atoms with E-state index in [9.17, 15) is 14.4 Å². The third-order valence-electron chi connectivity index (χ3n) is 5.78. The molecule has 1 N–H and O–H groups in total. The van der Waals surface area contributed by atoms with Crippen molar-refractivity contribution in [2.45, 2.75) is 38.8 Å². The zero-order chi connectivity index (χ0) is 21.8. The highest BCUT2D eigenvalue weighted by Crippen LogP contribution is 2.29. The van der Waals surface area contributed by atoms with E-state index < -0.39 is 0 Å². The van der Waals surface area contributed by atoms with Gasteiger partial charge in [0.15, 0.2) is 5.13 Å². The van der Waals surface area contributed by atoms with Crippen LogP contribution in [0.25, 0.3) is 0 Å². The van der Waals surface area contributed by atoms with E-state index >= 15 is 0 Å². The summed E-state index contributed by atoms with van der Waals surface area (Å²) in [7, 11) is 0. The summed E-state index contributed by atoms with van der Waals surface area (Å²) in [6, 6.07) is 0. The van der Waals surface area contributed by atoms with E-state index in [1.807, 2.05) is 4.90 Å². The summed E-state index contributed by atoms with van der Waals surface area (Å²) in [6.07, 6.45) is 1.73. The number of carbonyl (C=O) groups is 3. The minimum atomic E-state index is -0.376. The Morgan fingerprint density at radius 2 is 1.97 bits per heavy atom. The predicted molar refractivity (Wildman–Crippen MR) is 114 cm³/mol. The van der Waals surface area contributed by atoms with Crippen LogP contribution in [0.4, 0.5) is 9.93 Å². The largest absolute Gasteiger partial charge is 0.450 e. The first-order valence-electron chi connectivity index (χ1n) is 10.9. The molecular weight excluding hydrogens is 422 g/mol. The van der Waals surface area contributed by atoms with Gasteiger partial charge >= 0.3 is 6.09 Å². The lowest BCUT2D eigenvalue weighted by Gasteiger charge is -2.35. The maximum atomic E-state index is 12.7. The van der Waals surface area contributed by atoms with Crippen molar-refractivity contribution in [1.29, 1.82) is 0 Å². The number of carbonyl (C=O) groups excluding carboxylic acids is 3. The Kier molecular flexibility index (Phi) is 7.03. The number of fused-ring (bicyclic) bond motifs is 1. The first-order chi connectivity index (χ1) is 15.0. The van der Waals surface area contributed by atoms with Gasteiger partial charge in [0.25, 0.3) is 5.91 Å². The van der Waals surface area contributed by atoms with Crippen LogP contribution in [0.15, 0.2) is 0 Å². The van der Waals surface area contributed by atoms with Crippen LogP contribution in [-0.2, 0) is 32.0 Å². The Morgan fingerprint density at radius 1 is 1.19 bits per heavy atom. The number of nitrogens with zero attached hydrogens (tertiary/aromatic N) is 4. The smallest absolute Gasteiger partial charge is 0.409 e. The molecule has 170 valence electrons. The molecule has 4 heterocycles. The minimum Gasteiger partial charge on any atom is -0.450 e. The Morgan fingerprint density at radius 3 is 2.68 bits per heavy atom. The summed E-state index contributed by atoms with van der Waals surface area (Å²) in [5.74, 6) is -0.0547. The van der Waals surface area contributed by atoms with Crippen molar-refractivity contribution in [3.05, 3.63) is 10.6 Å². The predicted octanol–water partition coefficient (Wildman–Crippen LogP) is 0.919. The van der Waals surface area contributed by atoms with Crippen molar-refractivity contribution in [3.8, 4) is 0 Å². The third-order valence-corrected chi connectivity index (χ3v) is 6.78. The quantitative estimate of drug-likeness (QED) is 0.710. The lowest BCUT2D eigenvalue weighted by molar-refractivity contribution is -0.134. The van der Waals surface area contributed by atoms with Crippen molar-refractivity contribution in [2.75, 3.05) is 57.8 Å². The average molecular weight is 452 g/mol. The fraction of sp³-hybridized carbons (Fsp3) is 0.700. The molecule has 4 rings (SSSR count). The van der Waals surface area contributed by atoms with E-state index in [0.717, 1.165) is 36.4 Å². The molecule has 3 amide bonds. The van der Waals surface area contributed by atoms with Gasteiger partial charge in [-0.3, -0.25) is 19.8 Å². The molecule has 3 aliphatic heterocycles. The summed E-state index contributed by atoms with van der Waals surface area (Å²) in [4.78, 5) is 48.0. The standard InChI is InChI=1S/C20H29N5O5S/c1-2-29-20(28)25-9-7-24(8-10-25)17(26)13-23-6-5-14-16(12-23)31-19(21-14)22-18(27)15-4-3-11-30-15/h15H,2-13H2,1H3,(H,21,22,27). The zero-order valence-corrected chi connectivity index (χ0v) is 18.6. The van der Waals surface area contributed by atoms with Crippen LogP contribution in [0.1, 0.15) is 30.3 Å². The summed E-state index contributed by atoms with van der Waals surface area (Å²) < 4.78 is 10.4. The number of thiazole rings is 1. The number of piperazine rings is 1. The second-order valence-electron chi connectivity index (χ2n) is 7.91. The van der Waals surface area contributed by atoms with Gasteiger partial charge in [-0.1, -0.05) is 0 Å². The van der Waals surface area contributed by atoms with Gasteiger partial charge in [-0.25, -0.2) is 9.78 Å². The van der Waals surface area contributed by atoms with E-state index in [1.54, 1.807) is 11.8 Å². The molecule has 10 nitrogen and oxygen atoms in total. The van der Waals surface area contributed by atoms with Crippen molar-refractivity contribution >= 4 is 34.4 Å². The molecule has 3 aliphatic rings. The maximum absolute atomic E-state index is 12.7. The Balaban J connectivity index is 1.25. The summed E-state index contributed by atoms with van der Waals surface area (Å²) in [6.45, 7) is 6.56. The van der Waals surface area contributed by atoms with Crippen molar-refractivity contribution in [2.24, 2.45) is 0 Å². The van der Waals surface area contributed by atoms with Gasteiger partial charge < -0.3 is 19.3 Å². The molecule has 0 spiro atoms. The van der Waals surface area contributed by atoms with Crippen molar-refractivity contribution < 1.29 is 23.9 Å². The first-order valence-corrected chi connectivity index (χ1v) is 11.7. The number of hydrogen-bond acceptors (Lipinski definition) is 8. The molecule has 0 bridgehead atoms. The Hall–Kier alpha value is -2.24. The van der Waals surface area contributed by atoms with Crippen LogP contribution in [-0.4, -0.2) is 96.2 Å². The molecule has 2 saturated heterocycles. The number of ether oxygens (including phenoxy) is 2. The highest BCUT2D eigenvalue weighted by atomic mass is 32.1. The molecule has 1 unspecified atom stereocenters. The molecule has 1 aromatic heterocycles. The van der Waals surface area contributed by atoms with Gasteiger partial charge in [0, 0.05) is 57.2 Å². The normalized spacial score (nSPS) is 21.6. The van der Waals surface area contributed by atoms with Gasteiger partial charge in [-0.15, -0.1) is 11.3 Å². The van der Waals surface area contributed by atoms with E-state index in [1.165, 1.54) is 11.3 Å². The van der Waals surface area contributed by atoms with Crippen molar-refractivity contribution in [3.63, 3.8) is 0 Å². The number of rotatable bonds is 5. The highest BCUT2D eigenvalue weighted by Gasteiger charge is 2.29. The number of anilines is 1. The maximum Gasteiger partial charge on any atom is 0.409 e. The highest BCUT2D eigenvalue weighted by molar-refractivity contribution is 7.15. The van der Waals surface area contributed by atoms with E-state index in [0.29, 0.717) is 57.6 Å². The zero-order valence-electron chi connectivity index (χ0n) is 17.8. The molecule has 0 radical (unpaired) electrons. The lowest BCUT2D eigenvalue weighted by atomic mass is 10.2. The van der Waals surface area contributed by atoms with Crippen LogP contribution in [0.3, 0.4) is 0 Å². The molecule has 1 aromatic rings. The van der Waals surface area contributed by atoms with Gasteiger partial charge in [-0.05, 0) is 19.8 Å². The molecule has 0 aromatic carbocycles. The SMILES string of the molecule is CCOC(=O)N1CCN(C(=O)CN2CCc3nc(NC(=O)C4CCCO4)sc3C2)CC1. The second-order valence-corrected chi connectivity index (χ2v) is 8.99. The fourth-order valence-corrected chi connectivity index (χ4v) is 5.11. The number of nitrogens with one attached hydrogen (secondary N) is 1. The minimum absolute atomic E-state index is 0.0726. The van der Waals surface area contributed by atoms with E-state index in [2.05, 4.69) is 15.2 Å². The van der Waals surface area contributed by atoms with Crippen LogP contribution in [0, 0.1) is 0 Å². The van der Waals surface area contributed by atoms with Crippen molar-refractivity contribution in [1.82, 2.24) is 19.7 Å². The van der Waals surface area contributed by atoms with Gasteiger partial charge in [0.2, 0.25) is 5.91 Å². The first kappa shape index (κ1) is 22.0. The average Bonchev–Trinajstić information content (AvgIpc) is 3.43. The molecule has 0 saturated carbocycles. The molecule has 0 aliphatic carbocycles. The molecule has 31 heavy (non-hydrogen) atoms. The van der Waals surface area contributed by atoms with E-state index in [-0.39, 0.29) is 24.0 Å². The van der Waals surface area contributed by atoms with Crippen LogP contribution in [0.2, 0.25) is 0 Å². The topological polar surface area (TPSA) is 104 Å². The summed E-state index contributed by atoms with van der Waals surface area (Å²) in [5, 5.41) is 3.48. The summed E-state index contributed by atoms with van der Waals surface area (Å²) >= 11 is 1.47. The Labute approximate surface area is 185 Å². The number of hydrogen-bond donors (Lipinski definition) is 1. The van der Waals surface area contributed by atoms with E-state index in [4.69, 9.17) is 9.47 Å². The van der Waals surface area contributed by atoms with Gasteiger partial charge in [-0.2, -0.15) is 0 Å². The molecular formula is C20H29N5O5S. The second kappa shape index (κ2) is 9.92. The van der Waals surface area contributed by atoms with Gasteiger partial charge in [0.1, 0.15) is 6.10 Å².